The van der Waals surface area contributed by atoms with Gasteiger partial charge < -0.3 is 10.2 Å². The van der Waals surface area contributed by atoms with E-state index < -0.39 is 6.04 Å². The maximum atomic E-state index is 13.4. The van der Waals surface area contributed by atoms with Gasteiger partial charge in [-0.25, -0.2) is 4.98 Å². The van der Waals surface area contributed by atoms with Gasteiger partial charge in [0.05, 0.1) is 11.7 Å². The van der Waals surface area contributed by atoms with Crippen molar-refractivity contribution in [3.63, 3.8) is 0 Å². The van der Waals surface area contributed by atoms with Crippen LogP contribution in [-0.4, -0.2) is 54.3 Å². The molecule has 164 valence electrons. The molecule has 1 aliphatic heterocycles. The van der Waals surface area contributed by atoms with Crippen LogP contribution < -0.4 is 5.32 Å². The lowest BCUT2D eigenvalue weighted by Gasteiger charge is -2.34. The van der Waals surface area contributed by atoms with Crippen LogP contribution in [0, 0.1) is 5.92 Å². The molecule has 2 fully saturated rings. The summed E-state index contributed by atoms with van der Waals surface area (Å²) in [5.74, 6) is -0.199. The van der Waals surface area contributed by atoms with Gasteiger partial charge in [-0.3, -0.25) is 24.0 Å². The van der Waals surface area contributed by atoms with Crippen LogP contribution in [0.1, 0.15) is 36.7 Å². The van der Waals surface area contributed by atoms with E-state index in [1.807, 2.05) is 0 Å². The molecule has 0 unspecified atom stereocenters. The lowest BCUT2D eigenvalue weighted by Crippen LogP contribution is -2.52. The van der Waals surface area contributed by atoms with E-state index in [2.05, 4.69) is 20.4 Å². The Morgan fingerprint density at radius 1 is 1.22 bits per heavy atom. The topological polar surface area (TPSA) is 110 Å². The third-order valence-corrected chi connectivity index (χ3v) is 6.49. The molecule has 4 heterocycles. The molecule has 0 aromatic carbocycles. The Balaban J connectivity index is 1.41. The van der Waals surface area contributed by atoms with Gasteiger partial charge in [0.15, 0.2) is 5.78 Å². The molecule has 2 bridgehead atoms. The summed E-state index contributed by atoms with van der Waals surface area (Å²) < 4.78 is 1.50. The van der Waals surface area contributed by atoms with Crippen molar-refractivity contribution in [2.24, 2.45) is 5.92 Å². The number of carbonyl (C=O) groups is 3. The first-order chi connectivity index (χ1) is 15.4. The Bertz CT molecular complexity index is 1240. The molecule has 3 aromatic heterocycles. The van der Waals surface area contributed by atoms with E-state index in [0.717, 1.165) is 19.3 Å². The van der Waals surface area contributed by atoms with Gasteiger partial charge in [-0.1, -0.05) is 17.7 Å². The lowest BCUT2D eigenvalue weighted by atomic mass is 9.97. The van der Waals surface area contributed by atoms with Gasteiger partial charge in [0.1, 0.15) is 29.3 Å². The first-order valence-corrected chi connectivity index (χ1v) is 10.9. The van der Waals surface area contributed by atoms with E-state index in [4.69, 9.17) is 11.6 Å². The van der Waals surface area contributed by atoms with Crippen LogP contribution in [0.15, 0.2) is 36.7 Å². The number of pyridine rings is 2. The third kappa shape index (κ3) is 3.52. The first-order valence-electron chi connectivity index (χ1n) is 10.5. The van der Waals surface area contributed by atoms with Crippen molar-refractivity contribution in [3.8, 4) is 0 Å². The van der Waals surface area contributed by atoms with Gasteiger partial charge in [0.2, 0.25) is 11.8 Å². The standard InChI is InChI=1S/C22H21ClN6O3/c1-12(30)20-15-7-8-24-10-16(15)28(27-20)11-19(31)29-14-6-5-13(9-14)21(29)22(32)26-18-4-2-3-17(23)25-18/h2-4,7-8,10,13-14,21H,5-6,9,11H2,1H3,(H,25,26,32)/t13-,14+,21-/m0/s1. The quantitative estimate of drug-likeness (QED) is 0.470. The summed E-state index contributed by atoms with van der Waals surface area (Å²) in [5, 5.41) is 8.10. The predicted octanol–water partition coefficient (Wildman–Crippen LogP) is 2.70. The maximum Gasteiger partial charge on any atom is 0.248 e. The second kappa shape index (κ2) is 7.98. The van der Waals surface area contributed by atoms with E-state index in [1.54, 1.807) is 41.6 Å². The zero-order valence-electron chi connectivity index (χ0n) is 17.4. The van der Waals surface area contributed by atoms with E-state index >= 15 is 0 Å². The van der Waals surface area contributed by atoms with Crippen molar-refractivity contribution in [3.05, 3.63) is 47.5 Å². The predicted molar refractivity (Wildman–Crippen MR) is 117 cm³/mol. The summed E-state index contributed by atoms with van der Waals surface area (Å²) in [5.41, 5.74) is 0.916. The highest BCUT2D eigenvalue weighted by Gasteiger charge is 2.51. The molecule has 0 radical (unpaired) electrons. The molecule has 3 aromatic rings. The van der Waals surface area contributed by atoms with Gasteiger partial charge in [-0.15, -0.1) is 0 Å². The number of piperidine rings is 1. The minimum atomic E-state index is -0.575. The van der Waals surface area contributed by atoms with Crippen LogP contribution in [0.4, 0.5) is 5.82 Å². The molecule has 10 heteroatoms. The van der Waals surface area contributed by atoms with Crippen LogP contribution in [0.3, 0.4) is 0 Å². The number of fused-ring (bicyclic) bond motifs is 3. The van der Waals surface area contributed by atoms with E-state index in [0.29, 0.717) is 22.4 Å². The minimum absolute atomic E-state index is 0.0165. The molecule has 1 N–H and O–H groups in total. The SMILES string of the molecule is CC(=O)c1nn(CC(=O)N2[C@@H]3CC[C@@H](C3)[C@H]2C(=O)Nc2cccc(Cl)n2)c2cnccc12. The number of halogens is 1. The zero-order chi connectivity index (χ0) is 22.4. The number of ketones is 1. The molecule has 2 amide bonds. The number of amides is 2. The van der Waals surface area contributed by atoms with Crippen LogP contribution >= 0.6 is 11.6 Å². The summed E-state index contributed by atoms with van der Waals surface area (Å²) >= 11 is 5.93. The van der Waals surface area contributed by atoms with Crippen molar-refractivity contribution in [2.75, 3.05) is 5.32 Å². The molecule has 9 nitrogen and oxygen atoms in total. The number of nitrogens with zero attached hydrogens (tertiary/aromatic N) is 5. The Kier molecular flexibility index (Phi) is 5.13. The molecular formula is C22H21ClN6O3. The number of hydrogen-bond donors (Lipinski definition) is 1. The second-order valence-corrected chi connectivity index (χ2v) is 8.65. The number of aromatic nitrogens is 4. The van der Waals surface area contributed by atoms with E-state index in [-0.39, 0.29) is 41.3 Å². The van der Waals surface area contributed by atoms with Crippen LogP contribution in [0.2, 0.25) is 5.15 Å². The highest BCUT2D eigenvalue weighted by Crippen LogP contribution is 2.43. The summed E-state index contributed by atoms with van der Waals surface area (Å²) in [6.45, 7) is 1.37. The van der Waals surface area contributed by atoms with Crippen LogP contribution in [0.25, 0.3) is 10.9 Å². The number of rotatable bonds is 5. The molecule has 3 atom stereocenters. The fraction of sp³-hybridized carbons (Fsp3) is 0.364. The fourth-order valence-electron chi connectivity index (χ4n) is 4.97. The van der Waals surface area contributed by atoms with E-state index in [1.165, 1.54) is 11.6 Å². The van der Waals surface area contributed by atoms with Crippen molar-refractivity contribution in [1.29, 1.82) is 0 Å². The smallest absolute Gasteiger partial charge is 0.248 e. The van der Waals surface area contributed by atoms with Gasteiger partial charge in [-0.05, 0) is 43.4 Å². The summed E-state index contributed by atoms with van der Waals surface area (Å²) in [6.07, 6.45) is 5.75. The van der Waals surface area contributed by atoms with Crippen molar-refractivity contribution in [1.82, 2.24) is 24.6 Å². The summed E-state index contributed by atoms with van der Waals surface area (Å²) in [6, 6.07) is 6.15. The highest BCUT2D eigenvalue weighted by molar-refractivity contribution is 6.29. The third-order valence-electron chi connectivity index (χ3n) is 6.28. The Labute approximate surface area is 188 Å². The van der Waals surface area contributed by atoms with Gasteiger partial charge >= 0.3 is 0 Å². The maximum absolute atomic E-state index is 13.4. The number of hydrogen-bond acceptors (Lipinski definition) is 6. The highest BCUT2D eigenvalue weighted by atomic mass is 35.5. The van der Waals surface area contributed by atoms with Crippen molar-refractivity contribution >= 4 is 45.9 Å². The van der Waals surface area contributed by atoms with E-state index in [9.17, 15) is 14.4 Å². The van der Waals surface area contributed by atoms with Crippen LogP contribution in [0.5, 0.6) is 0 Å². The monoisotopic (exact) mass is 452 g/mol. The Morgan fingerprint density at radius 3 is 2.84 bits per heavy atom. The van der Waals surface area contributed by atoms with Crippen molar-refractivity contribution < 1.29 is 14.4 Å². The first kappa shape index (κ1) is 20.6. The number of nitrogens with one attached hydrogen (secondary N) is 1. The Morgan fingerprint density at radius 2 is 2.06 bits per heavy atom. The molecule has 2 aliphatic rings. The van der Waals surface area contributed by atoms with Gasteiger partial charge in [0.25, 0.3) is 0 Å². The van der Waals surface area contributed by atoms with Gasteiger partial charge in [0, 0.05) is 24.5 Å². The van der Waals surface area contributed by atoms with Crippen molar-refractivity contribution in [2.45, 2.75) is 44.8 Å². The summed E-state index contributed by atoms with van der Waals surface area (Å²) in [7, 11) is 0. The number of anilines is 1. The molecule has 5 rings (SSSR count). The molecule has 1 saturated heterocycles. The molecular weight excluding hydrogens is 432 g/mol. The zero-order valence-corrected chi connectivity index (χ0v) is 18.1. The molecule has 32 heavy (non-hydrogen) atoms. The number of Topliss-reactive ketones (excluding diaryl/α,β-unsaturated/α-hetero) is 1. The second-order valence-electron chi connectivity index (χ2n) is 8.26. The molecule has 1 aliphatic carbocycles. The summed E-state index contributed by atoms with van der Waals surface area (Å²) in [4.78, 5) is 48.4. The number of carbonyl (C=O) groups excluding carboxylic acids is 3. The molecule has 1 saturated carbocycles. The normalized spacial score (nSPS) is 21.8. The van der Waals surface area contributed by atoms with Crippen LogP contribution in [-0.2, 0) is 16.1 Å². The molecule has 0 spiro atoms. The average Bonchev–Trinajstić information content (AvgIpc) is 3.47. The lowest BCUT2D eigenvalue weighted by molar-refractivity contribution is -0.141. The Hall–Kier alpha value is -3.33. The van der Waals surface area contributed by atoms with Gasteiger partial charge in [-0.2, -0.15) is 5.10 Å². The average molecular weight is 453 g/mol. The number of likely N-dealkylation sites (tertiary alicyclic amines) is 1. The minimum Gasteiger partial charge on any atom is -0.326 e. The fourth-order valence-corrected chi connectivity index (χ4v) is 5.14. The largest absolute Gasteiger partial charge is 0.326 e.